The third-order valence-corrected chi connectivity index (χ3v) is 19.1. The molecule has 0 nitrogen and oxygen atoms in total. The van der Waals surface area contributed by atoms with Crippen molar-refractivity contribution in [3.63, 3.8) is 0 Å². The van der Waals surface area contributed by atoms with Crippen LogP contribution in [0.5, 0.6) is 0 Å². The second kappa shape index (κ2) is 16.1. The van der Waals surface area contributed by atoms with Gasteiger partial charge in [0, 0.05) is 0 Å². The van der Waals surface area contributed by atoms with Crippen LogP contribution in [0.15, 0.2) is 204 Å². The molecule has 0 heterocycles. The number of fused-ring (bicyclic) bond motifs is 5. The predicted octanol–water partition coefficient (Wildman–Crippen LogP) is 13.1. The van der Waals surface area contributed by atoms with Crippen LogP contribution >= 0.6 is 24.8 Å². The van der Waals surface area contributed by atoms with E-state index < -0.39 is 21.3 Å². The molecule has 0 fully saturated rings. The van der Waals surface area contributed by atoms with E-state index in [0.29, 0.717) is 3.63 Å². The number of allylic oxidation sites excluding steroid dienone is 4. The Labute approximate surface area is 327 Å². The van der Waals surface area contributed by atoms with Gasteiger partial charge in [-0.2, -0.15) is 0 Å². The molecule has 2 aliphatic carbocycles. The number of hydrogen-bond acceptors (Lipinski definition) is 0. The van der Waals surface area contributed by atoms with Gasteiger partial charge in [0.05, 0.1) is 0 Å². The van der Waals surface area contributed by atoms with Crippen LogP contribution in [-0.2, 0) is 21.3 Å². The minimum absolute atomic E-state index is 0. The van der Waals surface area contributed by atoms with E-state index in [1.165, 1.54) is 49.7 Å². The SMILES string of the molecule is C1=CC[C]([Zr](=[C](C(c2ccccc2)c2ccccc2)C(c2ccccc2)c2ccccc2)[CH]2c3ccccc3-c3ccc4ccccc4c32)=C1.Cl.Cl. The van der Waals surface area contributed by atoms with Crippen molar-refractivity contribution < 1.29 is 21.3 Å². The van der Waals surface area contributed by atoms with E-state index in [4.69, 9.17) is 0 Å². The molecule has 0 N–H and O–H groups in total. The van der Waals surface area contributed by atoms with Gasteiger partial charge in [-0.05, 0) is 0 Å². The van der Waals surface area contributed by atoms with Crippen LogP contribution < -0.4 is 0 Å². The Balaban J connectivity index is 0.00000210. The molecule has 3 heteroatoms. The van der Waals surface area contributed by atoms with Crippen molar-refractivity contribution in [3.05, 3.63) is 237 Å². The minimum Gasteiger partial charge on any atom is -0.147 e. The predicted molar refractivity (Wildman–Crippen MR) is 222 cm³/mol. The molecular formula is C49H40Cl2Zr. The average Bonchev–Trinajstić information content (AvgIpc) is 3.84. The van der Waals surface area contributed by atoms with Crippen molar-refractivity contribution >= 4 is 38.8 Å². The summed E-state index contributed by atoms with van der Waals surface area (Å²) >= 11 is -3.04. The van der Waals surface area contributed by atoms with Gasteiger partial charge in [-0.3, -0.25) is 0 Å². The van der Waals surface area contributed by atoms with Gasteiger partial charge >= 0.3 is 305 Å². The van der Waals surface area contributed by atoms with Crippen molar-refractivity contribution in [2.45, 2.75) is 21.9 Å². The second-order valence-electron chi connectivity index (χ2n) is 13.5. The van der Waals surface area contributed by atoms with Gasteiger partial charge in [-0.15, -0.1) is 24.8 Å². The number of halogens is 2. The topological polar surface area (TPSA) is 0 Å². The summed E-state index contributed by atoms with van der Waals surface area (Å²) < 4.78 is 3.73. The van der Waals surface area contributed by atoms with Gasteiger partial charge in [0.25, 0.3) is 0 Å². The molecule has 254 valence electrons. The summed E-state index contributed by atoms with van der Waals surface area (Å²) in [4.78, 5) is 0. The summed E-state index contributed by atoms with van der Waals surface area (Å²) in [6, 6.07) is 68.7. The molecule has 9 rings (SSSR count). The zero-order valence-corrected chi connectivity index (χ0v) is 32.9. The molecule has 1 atom stereocenters. The molecule has 52 heavy (non-hydrogen) atoms. The first-order valence-corrected chi connectivity index (χ1v) is 21.7. The molecule has 0 aromatic heterocycles. The van der Waals surface area contributed by atoms with Crippen LogP contribution in [0.2, 0.25) is 0 Å². The first kappa shape index (κ1) is 36.0. The molecule has 0 bridgehead atoms. The molecule has 7 aromatic carbocycles. The molecular weight excluding hydrogens is 751 g/mol. The third kappa shape index (κ3) is 6.56. The summed E-state index contributed by atoms with van der Waals surface area (Å²) in [6.45, 7) is 0. The first-order chi connectivity index (χ1) is 24.9. The van der Waals surface area contributed by atoms with Gasteiger partial charge in [0.1, 0.15) is 0 Å². The maximum Gasteiger partial charge on any atom is -0.147 e. The Kier molecular flexibility index (Phi) is 11.1. The maximum atomic E-state index is 2.51. The number of hydrogen-bond donors (Lipinski definition) is 0. The molecule has 0 amide bonds. The van der Waals surface area contributed by atoms with Gasteiger partial charge in [-0.1, -0.05) is 0 Å². The molecule has 0 radical (unpaired) electrons. The summed E-state index contributed by atoms with van der Waals surface area (Å²) in [7, 11) is 0. The number of benzene rings is 7. The van der Waals surface area contributed by atoms with E-state index in [1.807, 2.05) is 0 Å². The van der Waals surface area contributed by atoms with Crippen molar-refractivity contribution in [1.29, 1.82) is 0 Å². The van der Waals surface area contributed by atoms with E-state index in [2.05, 4.69) is 200 Å². The molecule has 7 aromatic rings. The fourth-order valence-corrected chi connectivity index (χ4v) is 18.8. The Hall–Kier alpha value is -4.39. The fraction of sp³-hybridized carbons (Fsp3) is 0.0816. The largest absolute Gasteiger partial charge is 0.147 e. The molecule has 0 aliphatic heterocycles. The smallest absolute Gasteiger partial charge is 0.147 e. The van der Waals surface area contributed by atoms with E-state index in [-0.39, 0.29) is 36.6 Å². The second-order valence-corrected chi connectivity index (χ2v) is 19.9. The van der Waals surface area contributed by atoms with Gasteiger partial charge < -0.3 is 0 Å². The van der Waals surface area contributed by atoms with Gasteiger partial charge in [0.2, 0.25) is 0 Å². The van der Waals surface area contributed by atoms with Crippen molar-refractivity contribution in [1.82, 2.24) is 0 Å². The van der Waals surface area contributed by atoms with Crippen LogP contribution in [0.25, 0.3) is 21.9 Å². The van der Waals surface area contributed by atoms with Crippen LogP contribution in [0.4, 0.5) is 0 Å². The molecule has 0 saturated heterocycles. The van der Waals surface area contributed by atoms with Crippen LogP contribution in [-0.4, -0.2) is 3.21 Å². The Morgan fingerprint density at radius 3 is 1.48 bits per heavy atom. The number of rotatable bonds is 8. The Bertz CT molecular complexity index is 2230. The molecule has 1 unspecified atom stereocenters. The van der Waals surface area contributed by atoms with E-state index in [9.17, 15) is 0 Å². The third-order valence-electron chi connectivity index (χ3n) is 10.7. The normalized spacial score (nSPS) is 14.0. The first-order valence-electron chi connectivity index (χ1n) is 17.8. The molecule has 0 saturated carbocycles. The zero-order valence-electron chi connectivity index (χ0n) is 28.8. The monoisotopic (exact) mass is 788 g/mol. The minimum atomic E-state index is -3.04. The van der Waals surface area contributed by atoms with Crippen molar-refractivity contribution in [3.8, 4) is 11.1 Å². The van der Waals surface area contributed by atoms with Crippen LogP contribution in [0, 0.1) is 0 Å². The van der Waals surface area contributed by atoms with Gasteiger partial charge in [0.15, 0.2) is 0 Å². The van der Waals surface area contributed by atoms with Crippen molar-refractivity contribution in [2.24, 2.45) is 0 Å². The zero-order chi connectivity index (χ0) is 33.3. The Morgan fingerprint density at radius 1 is 0.481 bits per heavy atom. The van der Waals surface area contributed by atoms with Crippen molar-refractivity contribution in [2.75, 3.05) is 0 Å². The van der Waals surface area contributed by atoms with Crippen LogP contribution in [0.1, 0.15) is 55.3 Å². The summed E-state index contributed by atoms with van der Waals surface area (Å²) in [6.07, 6.45) is 8.28. The molecule has 2 aliphatic rings. The van der Waals surface area contributed by atoms with Gasteiger partial charge in [-0.25, -0.2) is 0 Å². The fourth-order valence-electron chi connectivity index (χ4n) is 8.64. The quantitative estimate of drug-likeness (QED) is 0.144. The summed E-state index contributed by atoms with van der Waals surface area (Å²) in [5.74, 6) is 0.259. The van der Waals surface area contributed by atoms with Crippen LogP contribution in [0.3, 0.4) is 0 Å². The summed E-state index contributed by atoms with van der Waals surface area (Å²) in [5, 5.41) is 2.74. The average molecular weight is 791 g/mol. The Morgan fingerprint density at radius 2 is 0.962 bits per heavy atom. The molecule has 0 spiro atoms. The van der Waals surface area contributed by atoms with E-state index in [0.717, 1.165) is 6.42 Å². The van der Waals surface area contributed by atoms with E-state index in [1.54, 1.807) is 12.1 Å². The summed E-state index contributed by atoms with van der Waals surface area (Å²) in [5.41, 5.74) is 11.4. The maximum absolute atomic E-state index is 3.04. The van der Waals surface area contributed by atoms with E-state index >= 15 is 0 Å². The standard InChI is InChI=1S/C27H22.C17H11.C5H5.2ClH.Zr/c1-5-13-22(14-6-1)26(23-15-7-2-8-16-23)21-27(24-17-9-3-10-18-24)25-19-11-4-12-20-25;1-3-7-14-12(5-1)9-10-16-15-8-4-2-6-13(15)11-17(14)16;1-2-4-5-3-1;;;/h1-20,26-27H;1-11H;1-3H,4H2;2*1H;.